The van der Waals surface area contributed by atoms with E-state index < -0.39 is 0 Å². The van der Waals surface area contributed by atoms with Crippen molar-refractivity contribution in [3.8, 4) is 0 Å². The van der Waals surface area contributed by atoms with Crippen LogP contribution < -0.4 is 5.73 Å². The Morgan fingerprint density at radius 2 is 2.00 bits per heavy atom. The number of hydrogen-bond donors (Lipinski definition) is 1. The summed E-state index contributed by atoms with van der Waals surface area (Å²) in [5.41, 5.74) is 7.38. The molecule has 0 aliphatic heterocycles. The molecule has 1 aliphatic carbocycles. The number of rotatable bonds is 4. The summed E-state index contributed by atoms with van der Waals surface area (Å²) >= 11 is 6.04. The molecule has 0 radical (unpaired) electrons. The molecule has 1 aromatic rings. The summed E-state index contributed by atoms with van der Waals surface area (Å²) in [6.45, 7) is 2.13. The first-order chi connectivity index (χ1) is 8.58. The third-order valence-electron chi connectivity index (χ3n) is 4.28. The van der Waals surface area contributed by atoms with E-state index in [9.17, 15) is 0 Å². The van der Waals surface area contributed by atoms with Gasteiger partial charge in [-0.25, -0.2) is 0 Å². The van der Waals surface area contributed by atoms with E-state index in [1.807, 2.05) is 18.2 Å². The molecule has 2 heteroatoms. The number of benzene rings is 1. The first-order valence-corrected chi connectivity index (χ1v) is 7.51. The highest BCUT2D eigenvalue weighted by molar-refractivity contribution is 6.30. The topological polar surface area (TPSA) is 26.0 Å². The van der Waals surface area contributed by atoms with Crippen molar-refractivity contribution in [2.45, 2.75) is 57.4 Å². The minimum atomic E-state index is -0.248. The fourth-order valence-electron chi connectivity index (χ4n) is 2.97. The van der Waals surface area contributed by atoms with Gasteiger partial charge in [0.05, 0.1) is 0 Å². The fourth-order valence-corrected chi connectivity index (χ4v) is 3.16. The quantitative estimate of drug-likeness (QED) is 0.825. The molecule has 1 atom stereocenters. The monoisotopic (exact) mass is 265 g/mol. The third kappa shape index (κ3) is 3.73. The molecule has 1 saturated carbocycles. The Labute approximate surface area is 116 Å². The molecule has 0 heterocycles. The van der Waals surface area contributed by atoms with Gasteiger partial charge in [-0.3, -0.25) is 0 Å². The van der Waals surface area contributed by atoms with Crippen molar-refractivity contribution >= 4 is 11.6 Å². The number of nitrogens with two attached hydrogens (primary N) is 1. The summed E-state index contributed by atoms with van der Waals surface area (Å²) in [7, 11) is 0. The van der Waals surface area contributed by atoms with Crippen molar-refractivity contribution in [1.82, 2.24) is 0 Å². The molecule has 1 fully saturated rings. The zero-order valence-electron chi connectivity index (χ0n) is 11.3. The summed E-state index contributed by atoms with van der Waals surface area (Å²) in [5.74, 6) is 0.890. The van der Waals surface area contributed by atoms with Crippen LogP contribution in [0.5, 0.6) is 0 Å². The summed E-state index contributed by atoms with van der Waals surface area (Å²) in [6, 6.07) is 7.99. The van der Waals surface area contributed by atoms with Crippen LogP contribution in [0.15, 0.2) is 24.3 Å². The lowest BCUT2D eigenvalue weighted by Crippen LogP contribution is -2.33. The highest BCUT2D eigenvalue weighted by atomic mass is 35.5. The third-order valence-corrected chi connectivity index (χ3v) is 4.52. The van der Waals surface area contributed by atoms with Gasteiger partial charge < -0.3 is 5.73 Å². The normalized spacial score (nSPS) is 20.6. The Morgan fingerprint density at radius 3 is 2.67 bits per heavy atom. The molecule has 0 saturated heterocycles. The molecule has 18 heavy (non-hydrogen) atoms. The molecule has 100 valence electrons. The van der Waals surface area contributed by atoms with Crippen molar-refractivity contribution in [3.63, 3.8) is 0 Å². The van der Waals surface area contributed by atoms with Crippen molar-refractivity contribution in [3.05, 3.63) is 34.9 Å². The van der Waals surface area contributed by atoms with E-state index in [0.29, 0.717) is 0 Å². The van der Waals surface area contributed by atoms with Gasteiger partial charge in [-0.05, 0) is 43.4 Å². The van der Waals surface area contributed by atoms with Crippen LogP contribution in [-0.4, -0.2) is 0 Å². The van der Waals surface area contributed by atoms with E-state index in [2.05, 4.69) is 13.0 Å². The SMILES string of the molecule is CC(N)(CCC1CCCCC1)c1cccc(Cl)c1. The Morgan fingerprint density at radius 1 is 1.28 bits per heavy atom. The van der Waals surface area contributed by atoms with Crippen LogP contribution in [0, 0.1) is 5.92 Å². The largest absolute Gasteiger partial charge is 0.322 e. The number of hydrogen-bond acceptors (Lipinski definition) is 1. The summed E-state index contributed by atoms with van der Waals surface area (Å²) in [5, 5.41) is 0.779. The van der Waals surface area contributed by atoms with Crippen molar-refractivity contribution in [1.29, 1.82) is 0 Å². The number of halogens is 1. The highest BCUT2D eigenvalue weighted by Gasteiger charge is 2.23. The van der Waals surface area contributed by atoms with Crippen LogP contribution in [-0.2, 0) is 5.54 Å². The standard InChI is InChI=1S/C16H24ClN/c1-16(18,14-8-5-9-15(17)12-14)11-10-13-6-3-2-4-7-13/h5,8-9,12-13H,2-4,6-7,10-11,18H2,1H3. The van der Waals surface area contributed by atoms with E-state index in [4.69, 9.17) is 17.3 Å². The fraction of sp³-hybridized carbons (Fsp3) is 0.625. The second-order valence-corrected chi connectivity index (χ2v) is 6.41. The van der Waals surface area contributed by atoms with E-state index >= 15 is 0 Å². The van der Waals surface area contributed by atoms with Crippen LogP contribution in [0.2, 0.25) is 5.02 Å². The van der Waals surface area contributed by atoms with Crippen LogP contribution in [0.3, 0.4) is 0 Å². The Bertz CT molecular complexity index is 380. The molecule has 2 N–H and O–H groups in total. The van der Waals surface area contributed by atoms with Gasteiger partial charge >= 0.3 is 0 Å². The maximum Gasteiger partial charge on any atom is 0.0409 e. The van der Waals surface area contributed by atoms with Gasteiger partial charge in [-0.2, -0.15) is 0 Å². The van der Waals surface area contributed by atoms with Gasteiger partial charge in [-0.15, -0.1) is 0 Å². The molecule has 1 unspecified atom stereocenters. The summed E-state index contributed by atoms with van der Waals surface area (Å²) in [6.07, 6.45) is 9.33. The molecular weight excluding hydrogens is 242 g/mol. The summed E-state index contributed by atoms with van der Waals surface area (Å²) in [4.78, 5) is 0. The van der Waals surface area contributed by atoms with Gasteiger partial charge in [-0.1, -0.05) is 55.8 Å². The van der Waals surface area contributed by atoms with E-state index in [-0.39, 0.29) is 5.54 Å². The van der Waals surface area contributed by atoms with Crippen LogP contribution in [0.25, 0.3) is 0 Å². The van der Waals surface area contributed by atoms with Gasteiger partial charge in [0.2, 0.25) is 0 Å². The predicted octanol–water partition coefficient (Wildman–Crippen LogP) is 4.87. The van der Waals surface area contributed by atoms with Crippen LogP contribution in [0.4, 0.5) is 0 Å². The highest BCUT2D eigenvalue weighted by Crippen LogP contribution is 2.32. The zero-order valence-corrected chi connectivity index (χ0v) is 12.0. The maximum absolute atomic E-state index is 6.47. The molecule has 1 aliphatic rings. The summed E-state index contributed by atoms with van der Waals surface area (Å²) < 4.78 is 0. The average molecular weight is 266 g/mol. The molecule has 1 aromatic carbocycles. The van der Waals surface area contributed by atoms with E-state index in [0.717, 1.165) is 22.9 Å². The maximum atomic E-state index is 6.47. The minimum Gasteiger partial charge on any atom is -0.322 e. The average Bonchev–Trinajstić information content (AvgIpc) is 2.38. The predicted molar refractivity (Wildman–Crippen MR) is 78.8 cm³/mol. The van der Waals surface area contributed by atoms with Gasteiger partial charge in [0.25, 0.3) is 0 Å². The smallest absolute Gasteiger partial charge is 0.0409 e. The van der Waals surface area contributed by atoms with E-state index in [1.54, 1.807) is 0 Å². The van der Waals surface area contributed by atoms with Crippen molar-refractivity contribution in [2.75, 3.05) is 0 Å². The lowest BCUT2D eigenvalue weighted by molar-refractivity contribution is 0.298. The molecule has 0 spiro atoms. The molecule has 0 amide bonds. The van der Waals surface area contributed by atoms with Gasteiger partial charge in [0, 0.05) is 10.6 Å². The van der Waals surface area contributed by atoms with Crippen LogP contribution in [0.1, 0.15) is 57.4 Å². The van der Waals surface area contributed by atoms with Crippen molar-refractivity contribution < 1.29 is 0 Å². The molecular formula is C16H24ClN. The lowest BCUT2D eigenvalue weighted by atomic mass is 9.80. The first-order valence-electron chi connectivity index (χ1n) is 7.13. The molecule has 0 bridgehead atoms. The molecule has 1 nitrogen and oxygen atoms in total. The molecule has 2 rings (SSSR count). The van der Waals surface area contributed by atoms with E-state index in [1.165, 1.54) is 38.5 Å². The van der Waals surface area contributed by atoms with Gasteiger partial charge in [0.1, 0.15) is 0 Å². The zero-order chi connectivity index (χ0) is 13.0. The first kappa shape index (κ1) is 13.9. The second-order valence-electron chi connectivity index (χ2n) is 5.97. The molecule has 0 aromatic heterocycles. The Balaban J connectivity index is 1.94. The second kappa shape index (κ2) is 6.08. The van der Waals surface area contributed by atoms with Gasteiger partial charge in [0.15, 0.2) is 0 Å². The Hall–Kier alpha value is -0.530. The van der Waals surface area contributed by atoms with Crippen LogP contribution >= 0.6 is 11.6 Å². The Kier molecular flexibility index (Phi) is 4.69. The minimum absolute atomic E-state index is 0.248. The van der Waals surface area contributed by atoms with Crippen molar-refractivity contribution in [2.24, 2.45) is 11.7 Å². The lowest BCUT2D eigenvalue weighted by Gasteiger charge is -2.29.